The summed E-state index contributed by atoms with van der Waals surface area (Å²) in [6.45, 7) is 5.62. The van der Waals surface area contributed by atoms with E-state index in [-0.39, 0.29) is 18.6 Å². The second kappa shape index (κ2) is 6.98. The molecule has 0 aliphatic carbocycles. The molecule has 1 atom stereocenters. The number of thiocarbonyl (C=S) groups is 1. The normalized spacial score (nSPS) is 12.1. The van der Waals surface area contributed by atoms with Crippen LogP contribution in [0.1, 0.15) is 19.4 Å². The van der Waals surface area contributed by atoms with E-state index in [0.717, 1.165) is 10.4 Å². The van der Waals surface area contributed by atoms with Crippen LogP contribution in [-0.4, -0.2) is 30.5 Å². The first-order valence-electron chi connectivity index (χ1n) is 5.96. The van der Waals surface area contributed by atoms with Gasteiger partial charge in [-0.15, -0.1) is 0 Å². The number of carbonyl (C=O) groups is 1. The van der Waals surface area contributed by atoms with Crippen LogP contribution in [0.25, 0.3) is 0 Å². The van der Waals surface area contributed by atoms with E-state index in [1.165, 1.54) is 7.11 Å². The summed E-state index contributed by atoms with van der Waals surface area (Å²) in [5.41, 5.74) is 1.63. The van der Waals surface area contributed by atoms with Gasteiger partial charge in [-0.3, -0.25) is 4.79 Å². The van der Waals surface area contributed by atoms with Crippen molar-refractivity contribution >= 4 is 40.3 Å². The van der Waals surface area contributed by atoms with Crippen molar-refractivity contribution in [3.8, 4) is 0 Å². The van der Waals surface area contributed by atoms with Crippen molar-refractivity contribution in [1.82, 2.24) is 0 Å². The third kappa shape index (κ3) is 3.75. The number of benzene rings is 1. The second-order valence-electron chi connectivity index (χ2n) is 4.39. The molecule has 0 saturated carbocycles. The second-order valence-corrected chi connectivity index (χ2v) is 5.44. The summed E-state index contributed by atoms with van der Waals surface area (Å²) in [6, 6.07) is 5.33. The molecule has 1 aromatic carbocycles. The third-order valence-electron chi connectivity index (χ3n) is 2.94. The van der Waals surface area contributed by atoms with E-state index in [0.29, 0.717) is 10.7 Å². The number of carbonyl (C=O) groups excluding carboxylic acids is 1. The molecule has 0 aliphatic rings. The number of hydrogen-bond donors (Lipinski definition) is 0. The van der Waals surface area contributed by atoms with Gasteiger partial charge in [-0.1, -0.05) is 36.0 Å². The maximum absolute atomic E-state index is 12.3. The fourth-order valence-corrected chi connectivity index (χ4v) is 2.26. The average molecular weight is 300 g/mol. The molecule has 1 rings (SSSR count). The lowest BCUT2D eigenvalue weighted by molar-refractivity contribution is -0.122. The van der Waals surface area contributed by atoms with Gasteiger partial charge in [0.1, 0.15) is 6.61 Å². The van der Waals surface area contributed by atoms with Gasteiger partial charge in [0.05, 0.1) is 16.8 Å². The van der Waals surface area contributed by atoms with E-state index >= 15 is 0 Å². The lowest BCUT2D eigenvalue weighted by atomic mass is 10.1. The quantitative estimate of drug-likeness (QED) is 0.780. The zero-order valence-electron chi connectivity index (χ0n) is 11.6. The van der Waals surface area contributed by atoms with E-state index in [1.807, 2.05) is 32.9 Å². The van der Waals surface area contributed by atoms with Crippen LogP contribution in [0.4, 0.5) is 5.69 Å². The SMILES string of the molecule is COCC(=O)N(c1c(C)cccc1Cl)C(C)C(C)=S. The maximum atomic E-state index is 12.3. The fourth-order valence-electron chi connectivity index (χ4n) is 1.84. The zero-order chi connectivity index (χ0) is 14.6. The number of methoxy groups -OCH3 is 1. The molecule has 1 amide bonds. The fraction of sp³-hybridized carbons (Fsp3) is 0.429. The van der Waals surface area contributed by atoms with Crippen molar-refractivity contribution in [3.63, 3.8) is 0 Å². The number of rotatable bonds is 5. The molecular weight excluding hydrogens is 282 g/mol. The van der Waals surface area contributed by atoms with Gasteiger partial charge in [-0.2, -0.15) is 0 Å². The number of aryl methyl sites for hydroxylation is 1. The Hall–Kier alpha value is -0.970. The van der Waals surface area contributed by atoms with Crippen LogP contribution >= 0.6 is 23.8 Å². The van der Waals surface area contributed by atoms with E-state index in [1.54, 1.807) is 11.0 Å². The van der Waals surface area contributed by atoms with Crippen molar-refractivity contribution in [2.45, 2.75) is 26.8 Å². The number of amides is 1. The standard InChI is InChI=1S/C14H18ClNO2S/c1-9-6-5-7-12(15)14(9)16(10(2)11(3)19)13(17)8-18-4/h5-7,10H,8H2,1-4H3. The molecule has 0 aliphatic heterocycles. The molecule has 0 radical (unpaired) electrons. The molecule has 5 heteroatoms. The van der Waals surface area contributed by atoms with Gasteiger partial charge in [-0.05, 0) is 32.4 Å². The number of hydrogen-bond acceptors (Lipinski definition) is 3. The molecule has 104 valence electrons. The maximum Gasteiger partial charge on any atom is 0.253 e. The minimum Gasteiger partial charge on any atom is -0.375 e. The molecule has 0 aromatic heterocycles. The summed E-state index contributed by atoms with van der Waals surface area (Å²) in [5.74, 6) is -0.157. The minimum absolute atomic E-state index is 0.00236. The largest absolute Gasteiger partial charge is 0.375 e. The molecule has 0 spiro atoms. The number of anilines is 1. The highest BCUT2D eigenvalue weighted by Crippen LogP contribution is 2.31. The highest BCUT2D eigenvalue weighted by Gasteiger charge is 2.26. The van der Waals surface area contributed by atoms with Crippen molar-refractivity contribution in [1.29, 1.82) is 0 Å². The molecule has 0 heterocycles. The average Bonchev–Trinajstić information content (AvgIpc) is 2.33. The Balaban J connectivity index is 3.31. The summed E-state index contributed by atoms with van der Waals surface area (Å²) in [4.78, 5) is 14.6. The molecule has 0 saturated heterocycles. The van der Waals surface area contributed by atoms with Gasteiger partial charge in [0.25, 0.3) is 5.91 Å². The summed E-state index contributed by atoms with van der Waals surface area (Å²) in [5, 5.41) is 0.535. The Bertz CT molecular complexity index is 470. The van der Waals surface area contributed by atoms with Gasteiger partial charge in [0.15, 0.2) is 0 Å². The number of para-hydroxylation sites is 1. The van der Waals surface area contributed by atoms with Crippen molar-refractivity contribution in [2.24, 2.45) is 0 Å². The molecule has 3 nitrogen and oxygen atoms in total. The summed E-state index contributed by atoms with van der Waals surface area (Å²) >= 11 is 11.4. The molecular formula is C14H18ClNO2S. The lowest BCUT2D eigenvalue weighted by Crippen LogP contribution is -2.44. The zero-order valence-corrected chi connectivity index (χ0v) is 13.1. The third-order valence-corrected chi connectivity index (χ3v) is 3.59. The van der Waals surface area contributed by atoms with Crippen molar-refractivity contribution < 1.29 is 9.53 Å². The van der Waals surface area contributed by atoms with Gasteiger partial charge in [0.2, 0.25) is 0 Å². The van der Waals surface area contributed by atoms with Crippen LogP contribution in [0.2, 0.25) is 5.02 Å². The minimum atomic E-state index is -0.212. The highest BCUT2D eigenvalue weighted by atomic mass is 35.5. The van der Waals surface area contributed by atoms with Crippen LogP contribution in [0.3, 0.4) is 0 Å². The van der Waals surface area contributed by atoms with E-state index < -0.39 is 0 Å². The predicted octanol–water partition coefficient (Wildman–Crippen LogP) is 3.41. The van der Waals surface area contributed by atoms with Crippen LogP contribution in [-0.2, 0) is 9.53 Å². The van der Waals surface area contributed by atoms with E-state index in [9.17, 15) is 4.79 Å². The highest BCUT2D eigenvalue weighted by molar-refractivity contribution is 7.80. The first-order valence-corrected chi connectivity index (χ1v) is 6.75. The Morgan fingerprint density at radius 3 is 2.63 bits per heavy atom. The smallest absolute Gasteiger partial charge is 0.253 e. The van der Waals surface area contributed by atoms with E-state index in [4.69, 9.17) is 28.6 Å². The van der Waals surface area contributed by atoms with E-state index in [2.05, 4.69) is 0 Å². The number of ether oxygens (including phenoxy) is 1. The Labute approximate surface area is 124 Å². The molecule has 0 bridgehead atoms. The molecule has 0 fully saturated rings. The van der Waals surface area contributed by atoms with Crippen LogP contribution in [0, 0.1) is 6.92 Å². The monoisotopic (exact) mass is 299 g/mol. The van der Waals surface area contributed by atoms with Gasteiger partial charge in [0, 0.05) is 12.0 Å². The summed E-state index contributed by atoms with van der Waals surface area (Å²) in [7, 11) is 1.49. The van der Waals surface area contributed by atoms with Gasteiger partial charge >= 0.3 is 0 Å². The van der Waals surface area contributed by atoms with Gasteiger partial charge < -0.3 is 9.64 Å². The Morgan fingerprint density at radius 1 is 1.53 bits per heavy atom. The first kappa shape index (κ1) is 16.1. The van der Waals surface area contributed by atoms with Crippen LogP contribution in [0.5, 0.6) is 0 Å². The number of nitrogens with zero attached hydrogens (tertiary/aromatic N) is 1. The van der Waals surface area contributed by atoms with Crippen LogP contribution in [0.15, 0.2) is 18.2 Å². The first-order chi connectivity index (χ1) is 8.90. The summed E-state index contributed by atoms with van der Waals surface area (Å²) in [6.07, 6.45) is 0. The Morgan fingerprint density at radius 2 is 2.16 bits per heavy atom. The molecule has 1 aromatic rings. The van der Waals surface area contributed by atoms with Crippen molar-refractivity contribution in [2.75, 3.05) is 18.6 Å². The number of halogens is 1. The topological polar surface area (TPSA) is 29.5 Å². The van der Waals surface area contributed by atoms with Crippen molar-refractivity contribution in [3.05, 3.63) is 28.8 Å². The Kier molecular flexibility index (Phi) is 5.91. The molecule has 0 N–H and O–H groups in total. The summed E-state index contributed by atoms with van der Waals surface area (Å²) < 4.78 is 4.94. The van der Waals surface area contributed by atoms with Crippen LogP contribution < -0.4 is 4.90 Å². The molecule has 19 heavy (non-hydrogen) atoms. The predicted molar refractivity (Wildman–Crippen MR) is 83.3 cm³/mol. The van der Waals surface area contributed by atoms with Gasteiger partial charge in [-0.25, -0.2) is 0 Å². The molecule has 1 unspecified atom stereocenters. The lowest BCUT2D eigenvalue weighted by Gasteiger charge is -2.31.